The van der Waals surface area contributed by atoms with Gasteiger partial charge in [0.2, 0.25) is 5.91 Å². The third-order valence-electron chi connectivity index (χ3n) is 6.09. The second-order valence-corrected chi connectivity index (χ2v) is 10.4. The number of carbonyl (C=O) groups excluding carboxylic acids is 1. The van der Waals surface area contributed by atoms with Crippen molar-refractivity contribution in [1.29, 1.82) is 0 Å². The Kier molecular flexibility index (Phi) is 6.67. The first-order valence-electron chi connectivity index (χ1n) is 10.4. The molecule has 0 aliphatic carbocycles. The highest BCUT2D eigenvalue weighted by Gasteiger charge is 2.44. The van der Waals surface area contributed by atoms with E-state index in [2.05, 4.69) is 5.32 Å². The van der Waals surface area contributed by atoms with Gasteiger partial charge in [0, 0.05) is 50.6 Å². The van der Waals surface area contributed by atoms with Crippen molar-refractivity contribution >= 4 is 27.7 Å². The molecule has 3 aliphatic rings. The molecule has 3 heterocycles. The largest absolute Gasteiger partial charge is 0.352 e. The van der Waals surface area contributed by atoms with E-state index in [-0.39, 0.29) is 18.4 Å². The summed E-state index contributed by atoms with van der Waals surface area (Å²) >= 11 is 5.89. The van der Waals surface area contributed by atoms with E-state index in [1.54, 1.807) is 12.1 Å². The molecule has 1 atom stereocenters. The molecule has 1 N–H and O–H groups in total. The molecule has 8 nitrogen and oxygen atoms in total. The SMILES string of the molecule is O=C(NCc1ccc(Cl)cc1)C1CCCN(S(=O)(=O)N2CCC3(CC2)OCCO3)C1. The maximum Gasteiger partial charge on any atom is 0.282 e. The number of ether oxygens (including phenoxy) is 2. The van der Waals surface area contributed by atoms with Crippen LogP contribution in [0.15, 0.2) is 24.3 Å². The van der Waals surface area contributed by atoms with Crippen molar-refractivity contribution in [2.75, 3.05) is 39.4 Å². The fourth-order valence-corrected chi connectivity index (χ4v) is 6.13. The molecule has 166 valence electrons. The molecule has 0 aromatic heterocycles. The van der Waals surface area contributed by atoms with E-state index in [0.717, 1.165) is 5.56 Å². The first-order valence-corrected chi connectivity index (χ1v) is 12.2. The van der Waals surface area contributed by atoms with Crippen molar-refractivity contribution in [2.45, 2.75) is 38.0 Å². The number of halogens is 1. The van der Waals surface area contributed by atoms with Crippen molar-refractivity contribution in [3.05, 3.63) is 34.9 Å². The fraction of sp³-hybridized carbons (Fsp3) is 0.650. The van der Waals surface area contributed by atoms with Gasteiger partial charge in [-0.25, -0.2) is 0 Å². The summed E-state index contributed by atoms with van der Waals surface area (Å²) in [6, 6.07) is 7.28. The molecule has 1 unspecified atom stereocenters. The number of nitrogens with zero attached hydrogens (tertiary/aromatic N) is 2. The molecule has 0 radical (unpaired) electrons. The average Bonchev–Trinajstić information content (AvgIpc) is 3.21. The van der Waals surface area contributed by atoms with Crippen molar-refractivity contribution in [3.8, 4) is 0 Å². The van der Waals surface area contributed by atoms with Crippen molar-refractivity contribution in [2.24, 2.45) is 5.92 Å². The number of hydrogen-bond acceptors (Lipinski definition) is 5. The van der Waals surface area contributed by atoms with E-state index in [1.165, 1.54) is 8.61 Å². The maximum atomic E-state index is 13.1. The monoisotopic (exact) mass is 457 g/mol. The van der Waals surface area contributed by atoms with Crippen LogP contribution in [0, 0.1) is 5.92 Å². The van der Waals surface area contributed by atoms with Crippen LogP contribution in [0.2, 0.25) is 5.02 Å². The van der Waals surface area contributed by atoms with Gasteiger partial charge in [0.05, 0.1) is 19.1 Å². The van der Waals surface area contributed by atoms with Gasteiger partial charge in [-0.05, 0) is 30.5 Å². The van der Waals surface area contributed by atoms with Gasteiger partial charge in [-0.3, -0.25) is 4.79 Å². The van der Waals surface area contributed by atoms with Crippen LogP contribution in [0.1, 0.15) is 31.2 Å². The van der Waals surface area contributed by atoms with Crippen LogP contribution in [-0.4, -0.2) is 68.1 Å². The van der Waals surface area contributed by atoms with Crippen LogP contribution in [-0.2, 0) is 31.0 Å². The number of hydrogen-bond donors (Lipinski definition) is 1. The molecule has 0 saturated carbocycles. The molecular weight excluding hydrogens is 430 g/mol. The molecule has 30 heavy (non-hydrogen) atoms. The van der Waals surface area contributed by atoms with E-state index in [1.807, 2.05) is 12.1 Å². The van der Waals surface area contributed by atoms with Crippen molar-refractivity contribution < 1.29 is 22.7 Å². The Morgan fingerprint density at radius 3 is 2.43 bits per heavy atom. The Balaban J connectivity index is 1.32. The summed E-state index contributed by atoms with van der Waals surface area (Å²) in [5, 5.41) is 3.57. The zero-order valence-corrected chi connectivity index (χ0v) is 18.5. The fourth-order valence-electron chi connectivity index (χ4n) is 4.31. The highest BCUT2D eigenvalue weighted by atomic mass is 35.5. The van der Waals surface area contributed by atoms with Crippen LogP contribution >= 0.6 is 11.6 Å². The lowest BCUT2D eigenvalue weighted by Gasteiger charge is -2.40. The third-order valence-corrected chi connectivity index (χ3v) is 8.34. The molecule has 0 bridgehead atoms. The molecule has 1 amide bonds. The topological polar surface area (TPSA) is 88.2 Å². The standard InChI is InChI=1S/C20H28ClN3O5S/c21-18-5-3-16(4-6-18)14-22-19(25)17-2-1-9-24(15-17)30(26,27)23-10-7-20(8-11-23)28-12-13-29-20/h3-6,17H,1-2,7-15H2,(H,22,25). The summed E-state index contributed by atoms with van der Waals surface area (Å²) in [6.07, 6.45) is 2.42. The van der Waals surface area contributed by atoms with Gasteiger partial charge >= 0.3 is 0 Å². The van der Waals surface area contributed by atoms with Gasteiger partial charge in [-0.2, -0.15) is 17.0 Å². The second kappa shape index (κ2) is 9.10. The van der Waals surface area contributed by atoms with E-state index in [4.69, 9.17) is 21.1 Å². The first-order chi connectivity index (χ1) is 14.4. The van der Waals surface area contributed by atoms with Crippen LogP contribution in [0.25, 0.3) is 0 Å². The van der Waals surface area contributed by atoms with E-state index >= 15 is 0 Å². The lowest BCUT2D eigenvalue weighted by atomic mass is 9.99. The Hall–Kier alpha value is -1.23. The minimum atomic E-state index is -3.61. The summed E-state index contributed by atoms with van der Waals surface area (Å²) in [6.45, 7) is 2.91. The Morgan fingerprint density at radius 1 is 1.10 bits per heavy atom. The summed E-state index contributed by atoms with van der Waals surface area (Å²) in [4.78, 5) is 12.7. The third kappa shape index (κ3) is 4.81. The highest BCUT2D eigenvalue weighted by Crippen LogP contribution is 2.33. The molecule has 3 saturated heterocycles. The van der Waals surface area contributed by atoms with Crippen LogP contribution in [0.3, 0.4) is 0 Å². The van der Waals surface area contributed by atoms with E-state index in [0.29, 0.717) is 70.1 Å². The minimum Gasteiger partial charge on any atom is -0.352 e. The highest BCUT2D eigenvalue weighted by molar-refractivity contribution is 7.86. The Morgan fingerprint density at radius 2 is 1.77 bits per heavy atom. The molecular formula is C20H28ClN3O5S. The number of piperidine rings is 2. The predicted octanol–water partition coefficient (Wildman–Crippen LogP) is 1.75. The predicted molar refractivity (Wildman–Crippen MR) is 112 cm³/mol. The number of benzene rings is 1. The molecule has 3 aliphatic heterocycles. The summed E-state index contributed by atoms with van der Waals surface area (Å²) in [5.41, 5.74) is 0.951. The quantitative estimate of drug-likeness (QED) is 0.727. The van der Waals surface area contributed by atoms with Gasteiger partial charge < -0.3 is 14.8 Å². The maximum absolute atomic E-state index is 13.1. The zero-order valence-electron chi connectivity index (χ0n) is 16.9. The summed E-state index contributed by atoms with van der Waals surface area (Å²) in [5.74, 6) is -1.08. The van der Waals surface area contributed by atoms with Crippen molar-refractivity contribution in [3.63, 3.8) is 0 Å². The van der Waals surface area contributed by atoms with Crippen LogP contribution in [0.5, 0.6) is 0 Å². The smallest absolute Gasteiger partial charge is 0.282 e. The van der Waals surface area contributed by atoms with Gasteiger partial charge in [0.1, 0.15) is 0 Å². The lowest BCUT2D eigenvalue weighted by molar-refractivity contribution is -0.179. The molecule has 1 aromatic carbocycles. The molecule has 1 aromatic rings. The Labute approximate surface area is 182 Å². The van der Waals surface area contributed by atoms with Gasteiger partial charge in [-0.15, -0.1) is 0 Å². The molecule has 10 heteroatoms. The lowest BCUT2D eigenvalue weighted by Crippen LogP contribution is -2.54. The molecule has 3 fully saturated rings. The minimum absolute atomic E-state index is 0.116. The second-order valence-electron chi connectivity index (χ2n) is 8.06. The number of carbonyl (C=O) groups is 1. The summed E-state index contributed by atoms with van der Waals surface area (Å²) < 4.78 is 40.6. The van der Waals surface area contributed by atoms with Crippen LogP contribution < -0.4 is 5.32 Å². The van der Waals surface area contributed by atoms with Gasteiger partial charge in [-0.1, -0.05) is 23.7 Å². The first kappa shape index (κ1) is 22.0. The van der Waals surface area contributed by atoms with E-state index < -0.39 is 16.0 Å². The van der Waals surface area contributed by atoms with Crippen LogP contribution in [0.4, 0.5) is 0 Å². The molecule has 1 spiro atoms. The number of rotatable bonds is 5. The van der Waals surface area contributed by atoms with Gasteiger partial charge in [0.25, 0.3) is 10.2 Å². The molecule has 4 rings (SSSR count). The zero-order chi connectivity index (χ0) is 21.2. The average molecular weight is 458 g/mol. The van der Waals surface area contributed by atoms with Gasteiger partial charge in [0.15, 0.2) is 5.79 Å². The summed E-state index contributed by atoms with van der Waals surface area (Å²) in [7, 11) is -3.61. The normalized spacial score (nSPS) is 25.4. The Bertz CT molecular complexity index is 848. The number of amides is 1. The van der Waals surface area contributed by atoms with E-state index in [9.17, 15) is 13.2 Å². The number of nitrogens with one attached hydrogen (secondary N) is 1. The van der Waals surface area contributed by atoms with Crippen molar-refractivity contribution in [1.82, 2.24) is 13.9 Å².